The fourth-order valence-electron chi connectivity index (χ4n) is 22.7. The number of piperidine rings is 2. The quantitative estimate of drug-likeness (QED) is 0.0742. The number of alkyl halides is 17. The Labute approximate surface area is 778 Å². The minimum absolute atomic E-state index is 0.0481. The van der Waals surface area contributed by atoms with Gasteiger partial charge in [-0.3, -0.25) is 0 Å². The van der Waals surface area contributed by atoms with Crippen LogP contribution in [-0.2, 0) is 0 Å². The van der Waals surface area contributed by atoms with E-state index >= 15 is 0 Å². The molecule has 16 fully saturated rings. The highest BCUT2D eigenvalue weighted by atomic mass is 19.4. The summed E-state index contributed by atoms with van der Waals surface area (Å²) in [4.78, 5) is 0. The van der Waals surface area contributed by atoms with Gasteiger partial charge in [0.1, 0.15) is 18.5 Å². The van der Waals surface area contributed by atoms with Gasteiger partial charge in [0.05, 0.1) is 11.8 Å². The van der Waals surface area contributed by atoms with Crippen molar-refractivity contribution in [3.63, 3.8) is 0 Å². The van der Waals surface area contributed by atoms with Crippen molar-refractivity contribution in [2.24, 2.45) is 187 Å². The molecule has 16 aliphatic rings. The van der Waals surface area contributed by atoms with Gasteiger partial charge in [-0.05, 0) is 326 Å². The van der Waals surface area contributed by atoms with Crippen molar-refractivity contribution in [2.75, 3.05) is 52.4 Å². The predicted molar refractivity (Wildman–Crippen MR) is 506 cm³/mol. The van der Waals surface area contributed by atoms with Gasteiger partial charge in [0.25, 0.3) is 23.7 Å². The molecule has 0 spiro atoms. The Kier molecular flexibility index (Phi) is 48.0. The molecule has 5 aliphatic heterocycles. The van der Waals surface area contributed by atoms with Crippen molar-refractivity contribution >= 4 is 0 Å². The van der Waals surface area contributed by atoms with Crippen molar-refractivity contribution in [1.29, 1.82) is 0 Å². The van der Waals surface area contributed by atoms with E-state index in [1.807, 2.05) is 41.5 Å². The van der Waals surface area contributed by atoms with E-state index in [0.29, 0.717) is 103 Å². The number of rotatable bonds is 21. The molecule has 0 amide bonds. The Bertz CT molecular complexity index is 2810. The second-order valence-corrected chi connectivity index (χ2v) is 49.2. The van der Waals surface area contributed by atoms with Crippen LogP contribution in [0.3, 0.4) is 0 Å². The fraction of sp³-hybridized carbons (Fsp3) is 1.00. The molecular formula is C107H196F17N5. The van der Waals surface area contributed by atoms with E-state index in [1.165, 1.54) is 77.8 Å². The molecule has 7 unspecified atom stereocenters. The monoisotopic (exact) mass is 1870 g/mol. The van der Waals surface area contributed by atoms with E-state index < -0.39 is 78.5 Å². The maximum absolute atomic E-state index is 13.0. The summed E-state index contributed by atoms with van der Waals surface area (Å²) in [5, 5.41) is 16.1. The van der Waals surface area contributed by atoms with E-state index in [0.717, 1.165) is 140 Å². The van der Waals surface area contributed by atoms with Gasteiger partial charge in [-0.2, -0.15) is 26.3 Å². The van der Waals surface area contributed by atoms with E-state index in [2.05, 4.69) is 193 Å². The molecule has 23 atom stereocenters. The van der Waals surface area contributed by atoms with Crippen LogP contribution in [0.15, 0.2) is 0 Å². The molecule has 5 nitrogen and oxygen atoms in total. The van der Waals surface area contributed by atoms with Crippen molar-refractivity contribution in [2.45, 2.75) is 441 Å². The molecule has 0 aromatic heterocycles. The van der Waals surface area contributed by atoms with Crippen molar-refractivity contribution in [3.05, 3.63) is 0 Å². The molecule has 0 bridgehead atoms. The first-order valence-corrected chi connectivity index (χ1v) is 52.4. The lowest BCUT2D eigenvalue weighted by Gasteiger charge is -2.36. The Morgan fingerprint density at radius 3 is 0.721 bits per heavy atom. The third-order valence-electron chi connectivity index (χ3n) is 33.2. The second kappa shape index (κ2) is 51.7. The van der Waals surface area contributed by atoms with Gasteiger partial charge >= 0.3 is 12.4 Å². The van der Waals surface area contributed by atoms with Gasteiger partial charge in [0.15, 0.2) is 0 Å². The van der Waals surface area contributed by atoms with Gasteiger partial charge in [0.2, 0.25) is 0 Å². The number of hydrogen-bond acceptors (Lipinski definition) is 5. The van der Waals surface area contributed by atoms with Gasteiger partial charge in [-0.1, -0.05) is 227 Å². The normalized spacial score (nSPS) is 36.0. The maximum Gasteiger partial charge on any atom is 0.393 e. The lowest BCUT2D eigenvalue weighted by Crippen LogP contribution is -2.50. The molecule has 11 aliphatic carbocycles. The van der Waals surface area contributed by atoms with E-state index in [1.54, 1.807) is 0 Å². The molecule has 0 aromatic carbocycles. The van der Waals surface area contributed by atoms with E-state index in [4.69, 9.17) is 0 Å². The zero-order valence-electron chi connectivity index (χ0n) is 87.0. The molecule has 11 saturated carbocycles. The van der Waals surface area contributed by atoms with Gasteiger partial charge < -0.3 is 26.6 Å². The van der Waals surface area contributed by atoms with Crippen LogP contribution in [-0.4, -0.2) is 119 Å². The van der Waals surface area contributed by atoms with Crippen molar-refractivity contribution < 1.29 is 74.6 Å². The summed E-state index contributed by atoms with van der Waals surface area (Å²) in [6.45, 7) is 73.8. The van der Waals surface area contributed by atoms with Gasteiger partial charge in [-0.15, -0.1) is 0 Å². The molecule has 22 heteroatoms. The smallest absolute Gasteiger partial charge is 0.316 e. The number of halogens is 17. The summed E-state index contributed by atoms with van der Waals surface area (Å²) in [5.41, 5.74) is 2.23. The zero-order chi connectivity index (χ0) is 98.6. The molecule has 0 radical (unpaired) electrons. The summed E-state index contributed by atoms with van der Waals surface area (Å²) in [6.07, 6.45) is 10.5. The van der Waals surface area contributed by atoms with Crippen LogP contribution in [0.5, 0.6) is 0 Å². The standard InChI is InChI=1S/2C9H16F3N.C9H16F2.3C8H14F2.3C8H13F.3C8H17N.C8H16/c2*1-6(2)8-7(9(10,11)12)4-3-5-13-8;1-7(2)6-8-4-3-5-9(8,10)11;3*1-6(2)3-4-7-5-8(7,9)10;3*1-5(2)8-3-6(8)7(9)4-8;3*1-6(2)8-5-9-4-7(8)3;1-7(2)6-8(3)4-5-8/h2*6-8,13H,3-5H2,1-2H3;7-8H,3-6H2,1-2H3;3*6-7H,3-5H2,1-2H3;3*5-7H,3-4H2,1-2H3;3*6-9H,4-5H2,1-3H3;7H,4-6H2,1-3H3/t2*7-,8+;;2*7-;;2*6-,7+,8+;;2*7-,8+;;/m10.10.10.10../s1. The molecule has 5 saturated heterocycles. The zero-order valence-corrected chi connectivity index (χ0v) is 87.0. The Morgan fingerprint density at radius 1 is 0.318 bits per heavy atom. The third-order valence-corrected chi connectivity index (χ3v) is 33.2. The molecular weight excluding hydrogens is 1680 g/mol. The molecule has 5 N–H and O–H groups in total. The summed E-state index contributed by atoms with van der Waals surface area (Å²) < 4.78 is 212. The minimum Gasteiger partial charge on any atom is -0.316 e. The van der Waals surface area contributed by atoms with Crippen LogP contribution < -0.4 is 26.6 Å². The Hall–Kier alpha value is -1.39. The molecule has 16 rings (SSSR count). The fourth-order valence-corrected chi connectivity index (χ4v) is 22.7. The summed E-state index contributed by atoms with van der Waals surface area (Å²) >= 11 is 0. The van der Waals surface area contributed by atoms with Crippen LogP contribution in [0.1, 0.15) is 375 Å². The average Bonchev–Trinajstić information content (AvgIpc) is 1.54. The topological polar surface area (TPSA) is 60.1 Å². The third kappa shape index (κ3) is 39.3. The van der Waals surface area contributed by atoms with Gasteiger partial charge in [0, 0.05) is 61.4 Å². The lowest BCUT2D eigenvalue weighted by molar-refractivity contribution is -0.192. The van der Waals surface area contributed by atoms with Crippen LogP contribution in [0.2, 0.25) is 0 Å². The first-order chi connectivity index (χ1) is 59.2. The molecule has 768 valence electrons. The number of fused-ring (bicyclic) bond motifs is 3. The van der Waals surface area contributed by atoms with Crippen molar-refractivity contribution in [1.82, 2.24) is 26.6 Å². The number of hydrogen-bond donors (Lipinski definition) is 5. The van der Waals surface area contributed by atoms with Crippen LogP contribution in [0.25, 0.3) is 0 Å². The van der Waals surface area contributed by atoms with Gasteiger partial charge in [-0.25, -0.2) is 48.3 Å². The Morgan fingerprint density at radius 2 is 0.597 bits per heavy atom. The highest BCUT2D eigenvalue weighted by molar-refractivity contribution is 5.19. The minimum atomic E-state index is -4.04. The first kappa shape index (κ1) is 120. The summed E-state index contributed by atoms with van der Waals surface area (Å²) in [6, 6.07) is -0.789. The van der Waals surface area contributed by atoms with E-state index in [-0.39, 0.29) is 74.0 Å². The highest BCUT2D eigenvalue weighted by Gasteiger charge is 2.71. The van der Waals surface area contributed by atoms with E-state index in [9.17, 15) is 74.6 Å². The van der Waals surface area contributed by atoms with Crippen molar-refractivity contribution in [3.8, 4) is 0 Å². The van der Waals surface area contributed by atoms with Crippen LogP contribution >= 0.6 is 0 Å². The molecule has 0 aromatic rings. The van der Waals surface area contributed by atoms with Crippen LogP contribution in [0.4, 0.5) is 74.6 Å². The summed E-state index contributed by atoms with van der Waals surface area (Å²) in [5.74, 6) is 1.95. The van der Waals surface area contributed by atoms with Crippen LogP contribution in [0, 0.1) is 187 Å². The number of nitrogens with one attached hydrogen (secondary N) is 5. The Balaban J connectivity index is 0.000000293. The maximum atomic E-state index is 13.0. The average molecular weight is 1880 g/mol. The second-order valence-electron chi connectivity index (χ2n) is 49.2. The molecule has 129 heavy (non-hydrogen) atoms. The lowest BCUT2D eigenvalue weighted by atomic mass is 9.75. The highest BCUT2D eigenvalue weighted by Crippen LogP contribution is 2.74. The predicted octanol–water partition coefficient (Wildman–Crippen LogP) is 32.3. The summed E-state index contributed by atoms with van der Waals surface area (Å²) in [7, 11) is 0. The first-order valence-electron chi connectivity index (χ1n) is 52.4. The molecule has 5 heterocycles. The SMILES string of the molecule is CC(C)C12CC(F)C1C2.CC(C)C1CNCC1C.CC(C)CC1(C)CC1.CC(C)CC1CCCC1(F)F.CC(C)CCC1CC1(F)F.CC(C)CC[C@@H]1CC1(F)F.CC(C)CC[C@H]1CC1(F)F.CC(C)[C@@H]1CNC[C@H]1C.CC(C)[C@@H]1NCCC[C@H]1C(F)(F)F.CC(C)[C@@]12C[C@@H](F)[C@@H]1C2.CC(C)[C@@]12C[C@@H]1[C@@H](F)C2.CC(C)[C@H]1CNC[C@@H]1C.CC(C)[C@H]1NCCC[C@@H]1C(F)(F)F. The largest absolute Gasteiger partial charge is 0.393 e.